The zero-order valence-corrected chi connectivity index (χ0v) is 14.9. The second kappa shape index (κ2) is 7.33. The van der Waals surface area contributed by atoms with Crippen molar-refractivity contribution >= 4 is 33.1 Å². The van der Waals surface area contributed by atoms with E-state index in [1.54, 1.807) is 18.1 Å². The van der Waals surface area contributed by atoms with Crippen molar-refractivity contribution in [2.75, 3.05) is 0 Å². The van der Waals surface area contributed by atoms with Crippen LogP contribution in [0.3, 0.4) is 0 Å². The van der Waals surface area contributed by atoms with Crippen molar-refractivity contribution in [1.82, 2.24) is 0 Å². The van der Waals surface area contributed by atoms with Crippen LogP contribution in [0.1, 0.15) is 29.5 Å². The molecule has 2 heteroatoms. The Balaban J connectivity index is 0.000000272. The van der Waals surface area contributed by atoms with Gasteiger partial charge < -0.3 is 4.42 Å². The molecule has 5 rings (SSSR count). The normalized spacial score (nSPS) is 13.3. The minimum atomic E-state index is 0.595. The molecule has 3 aromatic carbocycles. The molecule has 1 aliphatic rings. The standard InChI is InChI=1S/C19H17Cl.C4H4O/c20-12-15-11-14-6-2-3-7-16(14)18-10-9-13-5-1-4-8-17(13)19(15)18;1-2-4-5-3-1/h2-3,6-7,9-11H,1,4-5,8,12H2;1-4H. The fraction of sp³-hybridized carbons (Fsp3) is 0.217. The quantitative estimate of drug-likeness (QED) is 0.269. The summed E-state index contributed by atoms with van der Waals surface area (Å²) >= 11 is 6.25. The van der Waals surface area contributed by atoms with Crippen LogP contribution in [0.5, 0.6) is 0 Å². The number of benzene rings is 3. The number of rotatable bonds is 1. The van der Waals surface area contributed by atoms with Gasteiger partial charge in [0.05, 0.1) is 12.5 Å². The number of aryl methyl sites for hydroxylation is 2. The molecule has 0 bridgehead atoms. The van der Waals surface area contributed by atoms with Gasteiger partial charge in [-0.15, -0.1) is 11.6 Å². The number of hydrogen-bond donors (Lipinski definition) is 0. The molecule has 25 heavy (non-hydrogen) atoms. The van der Waals surface area contributed by atoms with E-state index in [2.05, 4.69) is 46.9 Å². The van der Waals surface area contributed by atoms with Gasteiger partial charge >= 0.3 is 0 Å². The molecule has 1 aromatic heterocycles. The average molecular weight is 349 g/mol. The van der Waals surface area contributed by atoms with Gasteiger partial charge in [-0.25, -0.2) is 0 Å². The van der Waals surface area contributed by atoms with Crippen molar-refractivity contribution in [1.29, 1.82) is 0 Å². The lowest BCUT2D eigenvalue weighted by Crippen LogP contribution is -2.04. The monoisotopic (exact) mass is 348 g/mol. The Labute approximate surface area is 153 Å². The van der Waals surface area contributed by atoms with Crippen LogP contribution < -0.4 is 0 Å². The lowest BCUT2D eigenvalue weighted by atomic mass is 9.85. The van der Waals surface area contributed by atoms with Crippen molar-refractivity contribution in [3.8, 4) is 0 Å². The summed E-state index contributed by atoms with van der Waals surface area (Å²) in [6.07, 6.45) is 8.30. The van der Waals surface area contributed by atoms with Crippen LogP contribution in [0.2, 0.25) is 0 Å². The summed E-state index contributed by atoms with van der Waals surface area (Å²) in [4.78, 5) is 0. The van der Waals surface area contributed by atoms with Crippen molar-refractivity contribution in [3.63, 3.8) is 0 Å². The highest BCUT2D eigenvalue weighted by molar-refractivity contribution is 6.20. The van der Waals surface area contributed by atoms with Crippen LogP contribution in [0.4, 0.5) is 0 Å². The highest BCUT2D eigenvalue weighted by Crippen LogP contribution is 2.36. The summed E-state index contributed by atoms with van der Waals surface area (Å²) in [6, 6.07) is 19.2. The van der Waals surface area contributed by atoms with Crippen LogP contribution in [-0.2, 0) is 18.7 Å². The molecule has 1 aliphatic carbocycles. The summed E-state index contributed by atoms with van der Waals surface area (Å²) in [6.45, 7) is 0. The molecule has 0 radical (unpaired) electrons. The first kappa shape index (κ1) is 16.2. The number of hydrogen-bond acceptors (Lipinski definition) is 1. The highest BCUT2D eigenvalue weighted by Gasteiger charge is 2.16. The maximum absolute atomic E-state index is 6.25. The molecule has 0 N–H and O–H groups in total. The van der Waals surface area contributed by atoms with Gasteiger partial charge in [0.25, 0.3) is 0 Å². The van der Waals surface area contributed by atoms with E-state index >= 15 is 0 Å². The van der Waals surface area contributed by atoms with Gasteiger partial charge in [-0.05, 0) is 82.1 Å². The van der Waals surface area contributed by atoms with Gasteiger partial charge in [0, 0.05) is 5.88 Å². The number of halogens is 1. The Morgan fingerprint density at radius 3 is 2.40 bits per heavy atom. The van der Waals surface area contributed by atoms with Gasteiger partial charge in [-0.3, -0.25) is 0 Å². The van der Waals surface area contributed by atoms with Crippen LogP contribution in [0.15, 0.2) is 71.5 Å². The van der Waals surface area contributed by atoms with Gasteiger partial charge in [0.15, 0.2) is 0 Å². The Bertz CT molecular complexity index is 969. The number of alkyl halides is 1. The van der Waals surface area contributed by atoms with Crippen LogP contribution in [0.25, 0.3) is 21.5 Å². The molecule has 0 saturated carbocycles. The second-order valence-corrected chi connectivity index (χ2v) is 6.78. The van der Waals surface area contributed by atoms with E-state index in [-0.39, 0.29) is 0 Å². The zero-order chi connectivity index (χ0) is 17.1. The van der Waals surface area contributed by atoms with E-state index in [9.17, 15) is 0 Å². The summed E-state index contributed by atoms with van der Waals surface area (Å²) in [5.41, 5.74) is 4.37. The van der Waals surface area contributed by atoms with E-state index < -0.39 is 0 Å². The smallest absolute Gasteiger partial charge is 0.0902 e. The van der Waals surface area contributed by atoms with E-state index in [0.717, 1.165) is 0 Å². The first-order chi connectivity index (χ1) is 12.4. The number of furan rings is 1. The van der Waals surface area contributed by atoms with E-state index in [0.29, 0.717) is 5.88 Å². The Morgan fingerprint density at radius 1 is 0.840 bits per heavy atom. The summed E-state index contributed by atoms with van der Waals surface area (Å²) < 4.78 is 4.58. The molecule has 0 unspecified atom stereocenters. The molecule has 0 fully saturated rings. The maximum Gasteiger partial charge on any atom is 0.0902 e. The van der Waals surface area contributed by atoms with Crippen LogP contribution >= 0.6 is 11.6 Å². The average Bonchev–Trinajstić information content (AvgIpc) is 3.27. The van der Waals surface area contributed by atoms with Gasteiger partial charge in [-0.2, -0.15) is 0 Å². The van der Waals surface area contributed by atoms with Crippen LogP contribution in [-0.4, -0.2) is 0 Å². The van der Waals surface area contributed by atoms with Gasteiger partial charge in [0.2, 0.25) is 0 Å². The molecule has 126 valence electrons. The Kier molecular flexibility index (Phi) is 4.76. The molecular formula is C23H21ClO. The fourth-order valence-electron chi connectivity index (χ4n) is 3.88. The lowest BCUT2D eigenvalue weighted by molar-refractivity contribution is 0.567. The largest absolute Gasteiger partial charge is 0.473 e. The van der Waals surface area contributed by atoms with Gasteiger partial charge in [0.1, 0.15) is 0 Å². The molecule has 1 heterocycles. The molecule has 0 spiro atoms. The predicted octanol–water partition coefficient (Wildman–Crippen LogP) is 6.89. The van der Waals surface area contributed by atoms with Gasteiger partial charge in [-0.1, -0.05) is 36.4 Å². The molecule has 0 amide bonds. The topological polar surface area (TPSA) is 13.1 Å². The first-order valence-electron chi connectivity index (χ1n) is 8.86. The lowest BCUT2D eigenvalue weighted by Gasteiger charge is -2.20. The first-order valence-corrected chi connectivity index (χ1v) is 9.40. The molecule has 0 aliphatic heterocycles. The molecule has 4 aromatic rings. The minimum Gasteiger partial charge on any atom is -0.473 e. The van der Waals surface area contributed by atoms with Crippen molar-refractivity contribution < 1.29 is 4.42 Å². The van der Waals surface area contributed by atoms with Crippen molar-refractivity contribution in [2.45, 2.75) is 31.6 Å². The molecule has 1 nitrogen and oxygen atoms in total. The van der Waals surface area contributed by atoms with E-state index in [4.69, 9.17) is 11.6 Å². The molecule has 0 saturated heterocycles. The van der Waals surface area contributed by atoms with Crippen molar-refractivity contribution in [3.05, 3.63) is 83.8 Å². The third-order valence-corrected chi connectivity index (χ3v) is 5.29. The highest BCUT2D eigenvalue weighted by atomic mass is 35.5. The van der Waals surface area contributed by atoms with E-state index in [1.807, 2.05) is 12.1 Å². The molecule has 0 atom stereocenters. The number of fused-ring (bicyclic) bond motifs is 5. The fourth-order valence-corrected chi connectivity index (χ4v) is 4.09. The van der Waals surface area contributed by atoms with E-state index in [1.165, 1.54) is 58.4 Å². The third-order valence-electron chi connectivity index (χ3n) is 5.00. The Morgan fingerprint density at radius 2 is 1.64 bits per heavy atom. The maximum atomic E-state index is 6.25. The summed E-state index contributed by atoms with van der Waals surface area (Å²) in [7, 11) is 0. The zero-order valence-electron chi connectivity index (χ0n) is 14.2. The third kappa shape index (κ3) is 3.17. The van der Waals surface area contributed by atoms with Crippen molar-refractivity contribution in [2.24, 2.45) is 0 Å². The second-order valence-electron chi connectivity index (χ2n) is 6.52. The Hall–Kier alpha value is -2.25. The molecular weight excluding hydrogens is 328 g/mol. The summed E-state index contributed by atoms with van der Waals surface area (Å²) in [5.74, 6) is 0.595. The minimum absolute atomic E-state index is 0.595. The SMILES string of the molecule is ClCc1cc2ccccc2c2ccc3c(c12)CCCC3.c1ccoc1. The predicted molar refractivity (Wildman–Crippen MR) is 106 cm³/mol. The summed E-state index contributed by atoms with van der Waals surface area (Å²) in [5, 5.41) is 5.45. The van der Waals surface area contributed by atoms with Crippen LogP contribution in [0, 0.1) is 0 Å².